The van der Waals surface area contributed by atoms with Crippen molar-refractivity contribution in [2.24, 2.45) is 5.73 Å². The standard InChI is InChI=1S/C14H19N3O4/c1-20-9-14(13(15)19)6-3-7-17(14)12(18)10-4-5-11(21-2)16-8-10/h4-5,8H,3,6-7,9H2,1-2H3,(H2,15,19). The van der Waals surface area contributed by atoms with Crippen LogP contribution in [0.1, 0.15) is 23.2 Å². The number of nitrogens with zero attached hydrogens (tertiary/aromatic N) is 2. The lowest BCUT2D eigenvalue weighted by Crippen LogP contribution is -2.58. The Balaban J connectivity index is 2.29. The summed E-state index contributed by atoms with van der Waals surface area (Å²) in [5.74, 6) is -0.402. The van der Waals surface area contributed by atoms with Crippen LogP contribution in [0.25, 0.3) is 0 Å². The van der Waals surface area contributed by atoms with E-state index in [1.807, 2.05) is 0 Å². The molecule has 21 heavy (non-hydrogen) atoms. The van der Waals surface area contributed by atoms with Crippen molar-refractivity contribution in [3.05, 3.63) is 23.9 Å². The molecule has 2 heterocycles. The number of hydrogen-bond donors (Lipinski definition) is 1. The first-order valence-electron chi connectivity index (χ1n) is 6.66. The zero-order valence-corrected chi connectivity index (χ0v) is 12.2. The van der Waals surface area contributed by atoms with Gasteiger partial charge in [-0.1, -0.05) is 0 Å². The van der Waals surface area contributed by atoms with Crippen molar-refractivity contribution in [2.45, 2.75) is 18.4 Å². The van der Waals surface area contributed by atoms with Crippen molar-refractivity contribution in [2.75, 3.05) is 27.4 Å². The molecule has 1 unspecified atom stereocenters. The fraction of sp³-hybridized carbons (Fsp3) is 0.500. The summed E-state index contributed by atoms with van der Waals surface area (Å²) in [6, 6.07) is 3.22. The van der Waals surface area contributed by atoms with Crippen molar-refractivity contribution in [1.82, 2.24) is 9.88 Å². The van der Waals surface area contributed by atoms with Crippen LogP contribution in [0.3, 0.4) is 0 Å². The maximum absolute atomic E-state index is 12.6. The van der Waals surface area contributed by atoms with Gasteiger partial charge in [0.1, 0.15) is 5.54 Å². The zero-order chi connectivity index (χ0) is 15.5. The molecule has 1 saturated heterocycles. The summed E-state index contributed by atoms with van der Waals surface area (Å²) in [5, 5.41) is 0. The highest BCUT2D eigenvalue weighted by molar-refractivity contribution is 5.99. The van der Waals surface area contributed by atoms with Gasteiger partial charge in [0.15, 0.2) is 0 Å². The largest absolute Gasteiger partial charge is 0.481 e. The van der Waals surface area contributed by atoms with Crippen molar-refractivity contribution in [3.63, 3.8) is 0 Å². The lowest BCUT2D eigenvalue weighted by molar-refractivity contribution is -0.130. The average molecular weight is 293 g/mol. The maximum Gasteiger partial charge on any atom is 0.256 e. The highest BCUT2D eigenvalue weighted by atomic mass is 16.5. The normalized spacial score (nSPS) is 21.3. The fourth-order valence-corrected chi connectivity index (χ4v) is 2.67. The second-order valence-corrected chi connectivity index (χ2v) is 4.98. The Morgan fingerprint density at radius 3 is 2.71 bits per heavy atom. The Bertz CT molecular complexity index is 532. The van der Waals surface area contributed by atoms with E-state index >= 15 is 0 Å². The van der Waals surface area contributed by atoms with Gasteiger partial charge in [-0.2, -0.15) is 0 Å². The number of rotatable bonds is 5. The summed E-state index contributed by atoms with van der Waals surface area (Å²) in [6.07, 6.45) is 2.64. The molecular formula is C14H19N3O4. The van der Waals surface area contributed by atoms with Crippen molar-refractivity contribution in [1.29, 1.82) is 0 Å². The number of pyridine rings is 1. The van der Waals surface area contributed by atoms with E-state index in [9.17, 15) is 9.59 Å². The summed E-state index contributed by atoms with van der Waals surface area (Å²) < 4.78 is 10.1. The van der Waals surface area contributed by atoms with Gasteiger partial charge < -0.3 is 20.1 Å². The summed E-state index contributed by atoms with van der Waals surface area (Å²) in [4.78, 5) is 30.0. The van der Waals surface area contributed by atoms with Crippen molar-refractivity contribution < 1.29 is 19.1 Å². The van der Waals surface area contributed by atoms with Crippen LogP contribution in [0.5, 0.6) is 5.88 Å². The Labute approximate surface area is 123 Å². The first kappa shape index (κ1) is 15.2. The van der Waals surface area contributed by atoms with Crippen LogP contribution in [-0.2, 0) is 9.53 Å². The number of carbonyl (C=O) groups excluding carboxylic acids is 2. The molecule has 0 aromatic carbocycles. The van der Waals surface area contributed by atoms with Gasteiger partial charge in [-0.25, -0.2) is 4.98 Å². The number of primary amides is 1. The Kier molecular flexibility index (Phi) is 4.42. The number of hydrogen-bond acceptors (Lipinski definition) is 5. The molecule has 7 nitrogen and oxygen atoms in total. The van der Waals surface area contributed by atoms with E-state index in [0.717, 1.165) is 0 Å². The van der Waals surface area contributed by atoms with Crippen LogP contribution in [0.4, 0.5) is 0 Å². The summed E-state index contributed by atoms with van der Waals surface area (Å²) >= 11 is 0. The molecule has 114 valence electrons. The van der Waals surface area contributed by atoms with E-state index in [4.69, 9.17) is 15.2 Å². The van der Waals surface area contributed by atoms with Gasteiger partial charge in [0.05, 0.1) is 19.3 Å². The molecule has 0 aliphatic carbocycles. The summed E-state index contributed by atoms with van der Waals surface area (Å²) in [6.45, 7) is 0.564. The Morgan fingerprint density at radius 1 is 1.43 bits per heavy atom. The van der Waals surface area contributed by atoms with Crippen molar-refractivity contribution in [3.8, 4) is 5.88 Å². The third kappa shape index (κ3) is 2.69. The molecule has 2 N–H and O–H groups in total. The molecule has 1 aromatic rings. The monoisotopic (exact) mass is 293 g/mol. The predicted molar refractivity (Wildman–Crippen MR) is 74.9 cm³/mol. The van der Waals surface area contributed by atoms with Gasteiger partial charge in [0, 0.05) is 25.9 Å². The topological polar surface area (TPSA) is 94.8 Å². The molecule has 1 aliphatic heterocycles. The van der Waals surface area contributed by atoms with E-state index in [2.05, 4.69) is 4.98 Å². The molecule has 1 atom stereocenters. The van der Waals surface area contributed by atoms with Crippen LogP contribution >= 0.6 is 0 Å². The molecule has 1 aromatic heterocycles. The molecule has 2 amide bonds. The van der Waals surface area contributed by atoms with Gasteiger partial charge in [-0.05, 0) is 18.9 Å². The molecule has 1 fully saturated rings. The van der Waals surface area contributed by atoms with E-state index in [1.165, 1.54) is 25.3 Å². The maximum atomic E-state index is 12.6. The minimum Gasteiger partial charge on any atom is -0.481 e. The van der Waals surface area contributed by atoms with Crippen LogP contribution in [0.2, 0.25) is 0 Å². The summed E-state index contributed by atoms with van der Waals surface area (Å²) in [7, 11) is 2.99. The number of amides is 2. The van der Waals surface area contributed by atoms with Gasteiger partial charge in [0.2, 0.25) is 11.8 Å². The molecular weight excluding hydrogens is 274 g/mol. The Hall–Kier alpha value is -2.15. The van der Waals surface area contributed by atoms with E-state index in [1.54, 1.807) is 12.1 Å². The van der Waals surface area contributed by atoms with E-state index in [-0.39, 0.29) is 12.5 Å². The molecule has 7 heteroatoms. The van der Waals surface area contributed by atoms with Crippen LogP contribution in [-0.4, -0.2) is 54.6 Å². The molecule has 0 radical (unpaired) electrons. The number of methoxy groups -OCH3 is 2. The Morgan fingerprint density at radius 2 is 2.19 bits per heavy atom. The molecule has 1 aliphatic rings. The highest BCUT2D eigenvalue weighted by Gasteiger charge is 2.48. The second kappa shape index (κ2) is 6.09. The number of nitrogens with two attached hydrogens (primary N) is 1. The number of carbonyl (C=O) groups is 2. The first-order valence-corrected chi connectivity index (χ1v) is 6.66. The zero-order valence-electron chi connectivity index (χ0n) is 12.2. The first-order chi connectivity index (χ1) is 10.0. The minimum atomic E-state index is -1.08. The average Bonchev–Trinajstić information content (AvgIpc) is 2.92. The van der Waals surface area contributed by atoms with Crippen LogP contribution < -0.4 is 10.5 Å². The summed E-state index contributed by atoms with van der Waals surface area (Å²) in [5.41, 5.74) is 4.83. The third-order valence-corrected chi connectivity index (χ3v) is 3.77. The molecule has 2 rings (SSSR count). The quantitative estimate of drug-likeness (QED) is 0.836. The van der Waals surface area contributed by atoms with Crippen LogP contribution in [0.15, 0.2) is 18.3 Å². The van der Waals surface area contributed by atoms with Gasteiger partial charge in [0.25, 0.3) is 5.91 Å². The number of likely N-dealkylation sites (tertiary alicyclic amines) is 1. The SMILES string of the molecule is COCC1(C(N)=O)CCCN1C(=O)c1ccc(OC)nc1. The minimum absolute atomic E-state index is 0.0949. The lowest BCUT2D eigenvalue weighted by atomic mass is 9.95. The lowest BCUT2D eigenvalue weighted by Gasteiger charge is -2.35. The smallest absolute Gasteiger partial charge is 0.256 e. The number of aromatic nitrogens is 1. The van der Waals surface area contributed by atoms with Gasteiger partial charge in [-0.15, -0.1) is 0 Å². The molecule has 0 saturated carbocycles. The second-order valence-electron chi connectivity index (χ2n) is 4.98. The van der Waals surface area contributed by atoms with Crippen molar-refractivity contribution >= 4 is 11.8 Å². The predicted octanol–water partition coefficient (Wildman–Crippen LogP) is 0.197. The third-order valence-electron chi connectivity index (χ3n) is 3.77. The van der Waals surface area contributed by atoms with E-state index in [0.29, 0.717) is 30.8 Å². The van der Waals surface area contributed by atoms with Gasteiger partial charge >= 0.3 is 0 Å². The molecule has 0 bridgehead atoms. The van der Waals surface area contributed by atoms with Crippen LogP contribution in [0, 0.1) is 0 Å². The molecule has 0 spiro atoms. The fourth-order valence-electron chi connectivity index (χ4n) is 2.67. The number of ether oxygens (including phenoxy) is 2. The highest BCUT2D eigenvalue weighted by Crippen LogP contribution is 2.31. The van der Waals surface area contributed by atoms with Gasteiger partial charge in [-0.3, -0.25) is 9.59 Å². The van der Waals surface area contributed by atoms with E-state index < -0.39 is 11.4 Å².